The van der Waals surface area contributed by atoms with E-state index in [0.29, 0.717) is 27.8 Å². The van der Waals surface area contributed by atoms with Crippen LogP contribution in [0.15, 0.2) is 40.2 Å². The van der Waals surface area contributed by atoms with E-state index in [0.717, 1.165) is 12.8 Å². The molecule has 1 saturated carbocycles. The van der Waals surface area contributed by atoms with Crippen molar-refractivity contribution in [3.05, 3.63) is 63.0 Å². The summed E-state index contributed by atoms with van der Waals surface area (Å²) < 4.78 is 7.32. The molecule has 5 rings (SSSR count). The fraction of sp³-hybridized carbons (Fsp3) is 0.150. The molecular formula is C20H15N7O3. The first kappa shape index (κ1) is 17.7. The van der Waals surface area contributed by atoms with Gasteiger partial charge < -0.3 is 14.8 Å². The van der Waals surface area contributed by atoms with Crippen LogP contribution in [0.1, 0.15) is 24.1 Å². The Morgan fingerprint density at radius 1 is 1.33 bits per heavy atom. The number of H-pyrrole nitrogens is 2. The highest BCUT2D eigenvalue weighted by Crippen LogP contribution is 2.22. The SMILES string of the molecule is C#Cc1cccc(Oc2nc(=NC3CC3)n3ncc(=Cc4[nH]c(=O)[nH]c4O)c3n2)c1. The van der Waals surface area contributed by atoms with E-state index >= 15 is 0 Å². The highest BCUT2D eigenvalue weighted by atomic mass is 16.5. The zero-order valence-corrected chi connectivity index (χ0v) is 15.5. The molecule has 4 aromatic rings. The summed E-state index contributed by atoms with van der Waals surface area (Å²) in [6, 6.07) is 7.30. The average molecular weight is 401 g/mol. The van der Waals surface area contributed by atoms with Gasteiger partial charge in [0.1, 0.15) is 11.4 Å². The Balaban J connectivity index is 1.67. The summed E-state index contributed by atoms with van der Waals surface area (Å²) in [4.78, 5) is 29.6. The fourth-order valence-electron chi connectivity index (χ4n) is 2.86. The van der Waals surface area contributed by atoms with Crippen molar-refractivity contribution in [2.24, 2.45) is 4.99 Å². The van der Waals surface area contributed by atoms with Crippen LogP contribution in [-0.2, 0) is 0 Å². The first-order chi connectivity index (χ1) is 14.6. The molecule has 3 N–H and O–H groups in total. The lowest BCUT2D eigenvalue weighted by molar-refractivity contribution is 0.435. The topological polar surface area (TPSA) is 134 Å². The maximum Gasteiger partial charge on any atom is 0.327 e. The van der Waals surface area contributed by atoms with Crippen molar-refractivity contribution < 1.29 is 9.84 Å². The van der Waals surface area contributed by atoms with E-state index in [2.05, 4.69) is 35.9 Å². The monoisotopic (exact) mass is 401 g/mol. The number of ether oxygens (including phenoxy) is 1. The van der Waals surface area contributed by atoms with Gasteiger partial charge in [-0.3, -0.25) is 4.98 Å². The lowest BCUT2D eigenvalue weighted by atomic mass is 10.2. The molecule has 10 nitrogen and oxygen atoms in total. The zero-order chi connectivity index (χ0) is 20.7. The quantitative estimate of drug-likeness (QED) is 0.419. The number of nitrogens with one attached hydrogen (secondary N) is 2. The number of hydrogen-bond donors (Lipinski definition) is 3. The Bertz CT molecular complexity index is 1490. The third-order valence-corrected chi connectivity index (χ3v) is 4.45. The van der Waals surface area contributed by atoms with Gasteiger partial charge in [-0.15, -0.1) is 6.42 Å². The van der Waals surface area contributed by atoms with Gasteiger partial charge in [0.2, 0.25) is 5.88 Å². The second-order valence-electron chi connectivity index (χ2n) is 6.76. The number of aromatic amines is 2. The third kappa shape index (κ3) is 3.40. The van der Waals surface area contributed by atoms with Crippen LogP contribution in [0, 0.1) is 12.3 Å². The summed E-state index contributed by atoms with van der Waals surface area (Å²) in [5, 5.41) is 14.7. The van der Waals surface area contributed by atoms with Crippen LogP contribution in [0.5, 0.6) is 17.6 Å². The summed E-state index contributed by atoms with van der Waals surface area (Å²) in [6.45, 7) is 0. The van der Waals surface area contributed by atoms with Crippen LogP contribution in [0.3, 0.4) is 0 Å². The van der Waals surface area contributed by atoms with Crippen molar-refractivity contribution in [2.75, 3.05) is 0 Å². The average Bonchev–Trinajstić information content (AvgIpc) is 3.37. The first-order valence-corrected chi connectivity index (χ1v) is 9.16. The molecule has 1 aliphatic carbocycles. The van der Waals surface area contributed by atoms with Crippen molar-refractivity contribution in [3.63, 3.8) is 0 Å². The number of aromatic nitrogens is 6. The molecule has 3 heterocycles. The standard InChI is InChI=1S/C20H15N7O3/c1-2-11-4-3-5-14(8-11)30-20-24-16-12(9-15-17(28)25-19(29)23-15)10-21-27(16)18(26-20)22-13-6-7-13/h1,3-5,8-10,13,28H,6-7H2,(H2,23,25,29). The minimum atomic E-state index is -0.522. The Hall–Kier alpha value is -4.39. The summed E-state index contributed by atoms with van der Waals surface area (Å²) >= 11 is 0. The van der Waals surface area contributed by atoms with Crippen molar-refractivity contribution in [3.8, 4) is 30.0 Å². The molecule has 0 atom stereocenters. The molecule has 0 radical (unpaired) electrons. The predicted octanol–water partition coefficient (Wildman–Crippen LogP) is 0.231. The Morgan fingerprint density at radius 3 is 2.93 bits per heavy atom. The van der Waals surface area contributed by atoms with Gasteiger partial charge in [-0.2, -0.15) is 19.6 Å². The second-order valence-corrected chi connectivity index (χ2v) is 6.76. The lowest BCUT2D eigenvalue weighted by Crippen LogP contribution is -2.23. The van der Waals surface area contributed by atoms with E-state index in [1.54, 1.807) is 36.5 Å². The van der Waals surface area contributed by atoms with Crippen LogP contribution < -0.4 is 21.3 Å². The van der Waals surface area contributed by atoms with Gasteiger partial charge in [0.15, 0.2) is 5.65 Å². The number of benzene rings is 1. The Kier molecular flexibility index (Phi) is 4.07. The van der Waals surface area contributed by atoms with Crippen molar-refractivity contribution in [2.45, 2.75) is 18.9 Å². The van der Waals surface area contributed by atoms with Gasteiger partial charge in [-0.25, -0.2) is 9.79 Å². The summed E-state index contributed by atoms with van der Waals surface area (Å²) in [5.41, 5.74) is 1.12. The number of hydrogen-bond acceptors (Lipinski definition) is 7. The number of nitrogens with zero attached hydrogens (tertiary/aromatic N) is 5. The number of aromatic hydroxyl groups is 1. The molecule has 0 unspecified atom stereocenters. The Morgan fingerprint density at radius 2 is 2.20 bits per heavy atom. The molecule has 0 bridgehead atoms. The van der Waals surface area contributed by atoms with E-state index in [9.17, 15) is 9.90 Å². The molecule has 0 amide bonds. The number of fused-ring (bicyclic) bond motifs is 1. The van der Waals surface area contributed by atoms with Crippen LogP contribution >= 0.6 is 0 Å². The summed E-state index contributed by atoms with van der Waals surface area (Å²) in [6.07, 6.45) is 10.5. The van der Waals surface area contributed by atoms with Gasteiger partial charge in [0.05, 0.1) is 12.2 Å². The number of imidazole rings is 1. The van der Waals surface area contributed by atoms with Gasteiger partial charge >= 0.3 is 11.7 Å². The van der Waals surface area contributed by atoms with E-state index in [1.807, 2.05) is 0 Å². The van der Waals surface area contributed by atoms with E-state index in [-0.39, 0.29) is 23.6 Å². The minimum absolute atomic E-state index is 0.0815. The summed E-state index contributed by atoms with van der Waals surface area (Å²) in [7, 11) is 0. The fourth-order valence-corrected chi connectivity index (χ4v) is 2.86. The molecule has 0 saturated heterocycles. The molecule has 1 aliphatic rings. The van der Waals surface area contributed by atoms with Crippen LogP contribution in [-0.4, -0.2) is 40.7 Å². The Labute approximate surface area is 168 Å². The largest absolute Gasteiger partial charge is 0.493 e. The van der Waals surface area contributed by atoms with Crippen molar-refractivity contribution in [1.82, 2.24) is 29.5 Å². The molecule has 3 aromatic heterocycles. The van der Waals surface area contributed by atoms with Crippen LogP contribution in [0.25, 0.3) is 11.7 Å². The highest BCUT2D eigenvalue weighted by Gasteiger charge is 2.21. The van der Waals surface area contributed by atoms with E-state index in [4.69, 9.17) is 11.2 Å². The molecule has 148 valence electrons. The normalized spacial score (nSPS) is 14.9. The smallest absolute Gasteiger partial charge is 0.327 e. The van der Waals surface area contributed by atoms with Crippen molar-refractivity contribution in [1.29, 1.82) is 0 Å². The molecule has 30 heavy (non-hydrogen) atoms. The highest BCUT2D eigenvalue weighted by molar-refractivity contribution is 5.56. The molecule has 0 spiro atoms. The molecule has 0 aliphatic heterocycles. The first-order valence-electron chi connectivity index (χ1n) is 9.16. The maximum absolute atomic E-state index is 11.4. The number of rotatable bonds is 4. The molecule has 10 heteroatoms. The number of terminal acetylenes is 1. The van der Waals surface area contributed by atoms with E-state index in [1.165, 1.54) is 4.52 Å². The van der Waals surface area contributed by atoms with Crippen LogP contribution in [0.2, 0.25) is 0 Å². The van der Waals surface area contributed by atoms with Gasteiger partial charge in [0, 0.05) is 10.8 Å². The summed E-state index contributed by atoms with van der Waals surface area (Å²) in [5.74, 6) is 2.77. The predicted molar refractivity (Wildman–Crippen MR) is 106 cm³/mol. The molecule has 1 fully saturated rings. The molecular weight excluding hydrogens is 386 g/mol. The van der Waals surface area contributed by atoms with Gasteiger partial charge in [-0.05, 0) is 37.1 Å². The van der Waals surface area contributed by atoms with Gasteiger partial charge in [0.25, 0.3) is 5.62 Å². The van der Waals surface area contributed by atoms with Gasteiger partial charge in [-0.1, -0.05) is 12.0 Å². The van der Waals surface area contributed by atoms with E-state index < -0.39 is 5.69 Å². The maximum atomic E-state index is 11.4. The van der Waals surface area contributed by atoms with Crippen molar-refractivity contribution >= 4 is 11.7 Å². The lowest BCUT2D eigenvalue weighted by Gasteiger charge is -2.04. The second kappa shape index (κ2) is 6.89. The minimum Gasteiger partial charge on any atom is -0.493 e. The zero-order valence-electron chi connectivity index (χ0n) is 15.5. The van der Waals surface area contributed by atoms with Crippen LogP contribution in [0.4, 0.5) is 0 Å². The third-order valence-electron chi connectivity index (χ3n) is 4.45. The molecule has 1 aromatic carbocycles.